The van der Waals surface area contributed by atoms with Crippen LogP contribution in [0.5, 0.6) is 0 Å². The van der Waals surface area contributed by atoms with Crippen LogP contribution < -0.4 is 4.90 Å². The standard InChI is InChI=1S/C46H31N/c1-2-15-33(16-3-1)47(42-25-9-8-17-34(42)32-28-27-30-13-4-5-14-31(30)29-32)43-26-12-24-41-39-22-11-21-38-40-23-10-20-37(45(40)46(41)43)35-18-6-7-19-36(35)44(38)39/h1-2,4-15,17-29H,3,16H2. The molecule has 7 aromatic carbocycles. The summed E-state index contributed by atoms with van der Waals surface area (Å²) in [4.78, 5) is 2.56. The quantitative estimate of drug-likeness (QED) is 0.195. The Morgan fingerprint density at radius 2 is 0.979 bits per heavy atom. The van der Waals surface area contributed by atoms with Crippen molar-refractivity contribution >= 4 is 22.1 Å². The molecule has 10 rings (SSSR count). The molecule has 0 radical (unpaired) electrons. The first-order valence-corrected chi connectivity index (χ1v) is 16.6. The second kappa shape index (κ2) is 10.3. The van der Waals surface area contributed by atoms with Gasteiger partial charge in [0.2, 0.25) is 0 Å². The monoisotopic (exact) mass is 597 g/mol. The van der Waals surface area contributed by atoms with Crippen LogP contribution >= 0.6 is 0 Å². The summed E-state index contributed by atoms with van der Waals surface area (Å²) < 4.78 is 0. The average molecular weight is 598 g/mol. The molecule has 0 saturated heterocycles. The minimum Gasteiger partial charge on any atom is -0.313 e. The summed E-state index contributed by atoms with van der Waals surface area (Å²) in [7, 11) is 0. The highest BCUT2D eigenvalue weighted by Gasteiger charge is 2.33. The van der Waals surface area contributed by atoms with Crippen molar-refractivity contribution in [3.05, 3.63) is 170 Å². The van der Waals surface area contributed by atoms with E-state index in [-0.39, 0.29) is 0 Å². The van der Waals surface area contributed by atoms with E-state index in [9.17, 15) is 0 Å². The lowest BCUT2D eigenvalue weighted by atomic mass is 9.82. The molecule has 0 spiro atoms. The molecular formula is C46H31N. The summed E-state index contributed by atoms with van der Waals surface area (Å²) in [5, 5.41) is 2.52. The second-order valence-electron chi connectivity index (χ2n) is 12.7. The Morgan fingerprint density at radius 1 is 0.404 bits per heavy atom. The molecule has 6 bridgehead atoms. The molecular weight excluding hydrogens is 567 g/mol. The summed E-state index contributed by atoms with van der Waals surface area (Å²) in [6.07, 6.45) is 8.82. The van der Waals surface area contributed by atoms with Gasteiger partial charge in [0.25, 0.3) is 0 Å². The Hall–Kier alpha value is -5.92. The summed E-state index contributed by atoms with van der Waals surface area (Å²) >= 11 is 0. The van der Waals surface area contributed by atoms with Crippen molar-refractivity contribution in [2.45, 2.75) is 12.8 Å². The van der Waals surface area contributed by atoms with Gasteiger partial charge in [-0.15, -0.1) is 0 Å². The molecule has 47 heavy (non-hydrogen) atoms. The molecule has 0 atom stereocenters. The van der Waals surface area contributed by atoms with Gasteiger partial charge in [0.1, 0.15) is 0 Å². The molecule has 0 fully saturated rings. The van der Waals surface area contributed by atoms with Gasteiger partial charge >= 0.3 is 0 Å². The maximum Gasteiger partial charge on any atom is 0.0543 e. The van der Waals surface area contributed by atoms with Crippen molar-refractivity contribution in [2.75, 3.05) is 4.90 Å². The molecule has 0 aliphatic heterocycles. The molecule has 1 nitrogen and oxygen atoms in total. The molecule has 0 amide bonds. The average Bonchev–Trinajstić information content (AvgIpc) is 3.25. The van der Waals surface area contributed by atoms with E-state index in [1.165, 1.54) is 94.6 Å². The van der Waals surface area contributed by atoms with E-state index >= 15 is 0 Å². The van der Waals surface area contributed by atoms with Crippen LogP contribution in [0, 0.1) is 0 Å². The van der Waals surface area contributed by atoms with E-state index in [0.29, 0.717) is 0 Å². The third-order valence-corrected chi connectivity index (χ3v) is 10.2. The fraction of sp³-hybridized carbons (Fsp3) is 0.0435. The maximum absolute atomic E-state index is 2.56. The van der Waals surface area contributed by atoms with Crippen LogP contribution in [-0.2, 0) is 0 Å². The Kier molecular flexibility index (Phi) is 5.77. The molecule has 0 aromatic heterocycles. The minimum absolute atomic E-state index is 0.975. The zero-order chi connectivity index (χ0) is 30.9. The van der Waals surface area contributed by atoms with Crippen LogP contribution in [0.15, 0.2) is 170 Å². The topological polar surface area (TPSA) is 3.24 Å². The van der Waals surface area contributed by atoms with Crippen molar-refractivity contribution in [3.63, 3.8) is 0 Å². The highest BCUT2D eigenvalue weighted by Crippen LogP contribution is 2.59. The van der Waals surface area contributed by atoms with E-state index in [2.05, 4.69) is 169 Å². The van der Waals surface area contributed by atoms with E-state index < -0.39 is 0 Å². The van der Waals surface area contributed by atoms with Crippen molar-refractivity contribution in [3.8, 4) is 66.8 Å². The van der Waals surface area contributed by atoms with Gasteiger partial charge in [0.15, 0.2) is 0 Å². The maximum atomic E-state index is 2.56. The van der Waals surface area contributed by atoms with Crippen molar-refractivity contribution in [1.29, 1.82) is 0 Å². The lowest BCUT2D eigenvalue weighted by Gasteiger charge is -2.34. The fourth-order valence-electron chi connectivity index (χ4n) is 8.20. The van der Waals surface area contributed by atoms with Gasteiger partial charge < -0.3 is 4.90 Å². The van der Waals surface area contributed by atoms with Gasteiger partial charge in [0.05, 0.1) is 11.4 Å². The molecule has 3 aliphatic rings. The number of allylic oxidation sites excluding steroid dienone is 4. The highest BCUT2D eigenvalue weighted by atomic mass is 15.2. The molecule has 0 saturated carbocycles. The van der Waals surface area contributed by atoms with Crippen LogP contribution in [0.2, 0.25) is 0 Å². The Morgan fingerprint density at radius 3 is 1.74 bits per heavy atom. The molecule has 220 valence electrons. The smallest absolute Gasteiger partial charge is 0.0543 e. The van der Waals surface area contributed by atoms with E-state index in [4.69, 9.17) is 0 Å². The number of nitrogens with zero attached hydrogens (tertiary/aromatic N) is 1. The predicted molar refractivity (Wildman–Crippen MR) is 199 cm³/mol. The summed E-state index contributed by atoms with van der Waals surface area (Å²) in [6, 6.07) is 54.2. The Labute approximate surface area is 275 Å². The third-order valence-electron chi connectivity index (χ3n) is 10.2. The largest absolute Gasteiger partial charge is 0.313 e. The Balaban J connectivity index is 1.30. The molecule has 0 heterocycles. The summed E-state index contributed by atoms with van der Waals surface area (Å²) in [6.45, 7) is 0. The van der Waals surface area contributed by atoms with Crippen LogP contribution in [0.1, 0.15) is 12.8 Å². The zero-order valence-electron chi connectivity index (χ0n) is 25.9. The minimum atomic E-state index is 0.975. The molecule has 0 N–H and O–H groups in total. The second-order valence-corrected chi connectivity index (χ2v) is 12.7. The lowest BCUT2D eigenvalue weighted by molar-refractivity contribution is 0.918. The number of para-hydroxylation sites is 1. The van der Waals surface area contributed by atoms with Crippen LogP contribution in [0.4, 0.5) is 11.4 Å². The van der Waals surface area contributed by atoms with Crippen LogP contribution in [-0.4, -0.2) is 0 Å². The van der Waals surface area contributed by atoms with Crippen LogP contribution in [0.25, 0.3) is 77.5 Å². The highest BCUT2D eigenvalue weighted by molar-refractivity contribution is 6.17. The number of benzene rings is 7. The van der Waals surface area contributed by atoms with E-state index in [0.717, 1.165) is 12.8 Å². The van der Waals surface area contributed by atoms with E-state index in [1.54, 1.807) is 0 Å². The molecule has 0 unspecified atom stereocenters. The predicted octanol–water partition coefficient (Wildman–Crippen LogP) is 12.8. The number of rotatable bonds is 4. The van der Waals surface area contributed by atoms with Gasteiger partial charge in [-0.05, 0) is 98.0 Å². The normalized spacial score (nSPS) is 13.4. The van der Waals surface area contributed by atoms with Crippen LogP contribution in [0.3, 0.4) is 0 Å². The van der Waals surface area contributed by atoms with Crippen molar-refractivity contribution < 1.29 is 0 Å². The van der Waals surface area contributed by atoms with E-state index in [1.807, 2.05) is 0 Å². The number of hydrogen-bond donors (Lipinski definition) is 0. The SMILES string of the molecule is C1=CCCC(N(c2ccccc2-c2ccc3ccccc3c2)c2cccc3c2-c2c4cccc2-c2cccc-3c2-c2ccccc2-4)=C1. The zero-order valence-corrected chi connectivity index (χ0v) is 25.9. The number of hydrogen-bond acceptors (Lipinski definition) is 1. The van der Waals surface area contributed by atoms with Crippen molar-refractivity contribution in [2.24, 2.45) is 0 Å². The summed E-state index contributed by atoms with van der Waals surface area (Å²) in [5.41, 5.74) is 19.3. The molecule has 1 heteroatoms. The number of anilines is 2. The van der Waals surface area contributed by atoms with Gasteiger partial charge in [-0.3, -0.25) is 0 Å². The first-order chi connectivity index (χ1) is 23.3. The number of fused-ring (bicyclic) bond motifs is 5. The first kappa shape index (κ1) is 26.3. The first-order valence-electron chi connectivity index (χ1n) is 16.6. The van der Waals surface area contributed by atoms with Crippen molar-refractivity contribution in [1.82, 2.24) is 0 Å². The fourth-order valence-corrected chi connectivity index (χ4v) is 8.20. The van der Waals surface area contributed by atoms with Gasteiger partial charge in [-0.2, -0.15) is 0 Å². The third kappa shape index (κ3) is 3.90. The van der Waals surface area contributed by atoms with Gasteiger partial charge in [0, 0.05) is 22.4 Å². The molecule has 3 aliphatic carbocycles. The Bertz CT molecular complexity index is 2450. The summed E-state index contributed by atoms with van der Waals surface area (Å²) in [5.74, 6) is 0. The lowest BCUT2D eigenvalue weighted by Crippen LogP contribution is -2.19. The van der Waals surface area contributed by atoms with Gasteiger partial charge in [-0.25, -0.2) is 0 Å². The van der Waals surface area contributed by atoms with Gasteiger partial charge in [-0.1, -0.05) is 140 Å². The molecule has 7 aromatic rings.